The lowest BCUT2D eigenvalue weighted by Gasteiger charge is -2.22. The first-order valence-corrected chi connectivity index (χ1v) is 4.81. The number of nitrogens with two attached hydrogens (primary N) is 1. The van der Waals surface area contributed by atoms with Crippen LogP contribution in [0.25, 0.3) is 0 Å². The van der Waals surface area contributed by atoms with Gasteiger partial charge in [-0.2, -0.15) is 0 Å². The first kappa shape index (κ1) is 11.6. The number of hydrogen-bond acceptors (Lipinski definition) is 4. The average molecular weight is 214 g/mol. The topological polar surface area (TPSA) is 109 Å². The zero-order valence-electron chi connectivity index (χ0n) is 8.23. The summed E-state index contributed by atoms with van der Waals surface area (Å²) in [6.45, 7) is 0.191. The predicted octanol–water partition coefficient (Wildman–Crippen LogP) is -1.12. The highest BCUT2D eigenvalue weighted by atomic mass is 16.4. The lowest BCUT2D eigenvalue weighted by molar-refractivity contribution is -0.141. The number of rotatable bonds is 5. The Morgan fingerprint density at radius 1 is 1.60 bits per heavy atom. The lowest BCUT2D eigenvalue weighted by atomic mass is 9.83. The highest BCUT2D eigenvalue weighted by molar-refractivity contribution is 6.05. The monoisotopic (exact) mass is 214 g/mol. The van der Waals surface area contributed by atoms with Gasteiger partial charge in [0.05, 0.1) is 5.92 Å². The maximum absolute atomic E-state index is 11.3. The number of Topliss-reactive ketones (excluding diaryl/α,β-unsaturated/α-hetero) is 1. The molecular weight excluding hydrogens is 200 g/mol. The largest absolute Gasteiger partial charge is 0.480 e. The molecule has 0 spiro atoms. The second-order valence-electron chi connectivity index (χ2n) is 3.58. The normalized spacial score (nSPS) is 21.7. The molecule has 0 bridgehead atoms. The van der Waals surface area contributed by atoms with E-state index in [4.69, 9.17) is 10.8 Å². The van der Waals surface area contributed by atoms with E-state index < -0.39 is 17.9 Å². The Morgan fingerprint density at radius 3 is 2.67 bits per heavy atom. The Hall–Kier alpha value is -1.43. The molecule has 2 unspecified atom stereocenters. The van der Waals surface area contributed by atoms with Gasteiger partial charge in [-0.15, -0.1) is 0 Å². The summed E-state index contributed by atoms with van der Waals surface area (Å²) >= 11 is 0. The van der Waals surface area contributed by atoms with Crippen molar-refractivity contribution in [1.29, 1.82) is 0 Å². The zero-order valence-corrected chi connectivity index (χ0v) is 8.23. The van der Waals surface area contributed by atoms with Gasteiger partial charge in [0, 0.05) is 13.0 Å². The second-order valence-corrected chi connectivity index (χ2v) is 3.58. The molecule has 1 amide bonds. The summed E-state index contributed by atoms with van der Waals surface area (Å²) in [5.74, 6) is -1.98. The van der Waals surface area contributed by atoms with Gasteiger partial charge in [0.2, 0.25) is 5.91 Å². The minimum Gasteiger partial charge on any atom is -0.480 e. The Balaban J connectivity index is 2.17. The van der Waals surface area contributed by atoms with E-state index in [-0.39, 0.29) is 24.7 Å². The fourth-order valence-electron chi connectivity index (χ4n) is 1.28. The van der Waals surface area contributed by atoms with Crippen LogP contribution in [0.2, 0.25) is 0 Å². The number of carboxylic acids is 1. The van der Waals surface area contributed by atoms with Crippen molar-refractivity contribution in [2.45, 2.75) is 25.3 Å². The number of carbonyl (C=O) groups is 3. The molecule has 0 heterocycles. The molecule has 1 fully saturated rings. The molecular formula is C9H14N2O4. The summed E-state index contributed by atoms with van der Waals surface area (Å²) < 4.78 is 0. The van der Waals surface area contributed by atoms with Crippen molar-refractivity contribution in [2.75, 3.05) is 6.54 Å². The van der Waals surface area contributed by atoms with Gasteiger partial charge in [-0.05, 0) is 12.8 Å². The molecule has 2 atom stereocenters. The molecule has 84 valence electrons. The summed E-state index contributed by atoms with van der Waals surface area (Å²) in [4.78, 5) is 32.5. The van der Waals surface area contributed by atoms with Crippen LogP contribution in [0.15, 0.2) is 0 Å². The van der Waals surface area contributed by atoms with Crippen molar-refractivity contribution in [3.8, 4) is 0 Å². The molecule has 4 N–H and O–H groups in total. The smallest absolute Gasteiger partial charge is 0.320 e. The van der Waals surface area contributed by atoms with Crippen LogP contribution >= 0.6 is 0 Å². The fraction of sp³-hybridized carbons (Fsp3) is 0.667. The Kier molecular flexibility index (Phi) is 3.79. The van der Waals surface area contributed by atoms with Gasteiger partial charge in [0.15, 0.2) is 0 Å². The minimum atomic E-state index is -1.09. The van der Waals surface area contributed by atoms with Crippen molar-refractivity contribution >= 4 is 17.7 Å². The van der Waals surface area contributed by atoms with Crippen molar-refractivity contribution < 1.29 is 19.5 Å². The first-order chi connectivity index (χ1) is 7.02. The third kappa shape index (κ3) is 3.02. The first-order valence-electron chi connectivity index (χ1n) is 4.81. The van der Waals surface area contributed by atoms with E-state index in [0.717, 1.165) is 0 Å². The molecule has 1 aliphatic rings. The van der Waals surface area contributed by atoms with E-state index in [1.54, 1.807) is 0 Å². The van der Waals surface area contributed by atoms with Gasteiger partial charge in [0.1, 0.15) is 11.8 Å². The van der Waals surface area contributed by atoms with Crippen molar-refractivity contribution in [1.82, 2.24) is 5.32 Å². The summed E-state index contributed by atoms with van der Waals surface area (Å²) in [5.41, 5.74) is 5.23. The van der Waals surface area contributed by atoms with E-state index in [1.807, 2.05) is 0 Å². The van der Waals surface area contributed by atoms with E-state index in [2.05, 4.69) is 5.32 Å². The Morgan fingerprint density at radius 2 is 2.27 bits per heavy atom. The van der Waals surface area contributed by atoms with Crippen molar-refractivity contribution in [2.24, 2.45) is 11.7 Å². The highest BCUT2D eigenvalue weighted by Gasteiger charge is 2.34. The molecule has 0 aromatic rings. The summed E-state index contributed by atoms with van der Waals surface area (Å²) in [6.07, 6.45) is 1.23. The Bertz CT molecular complexity index is 290. The van der Waals surface area contributed by atoms with Gasteiger partial charge in [-0.25, -0.2) is 0 Å². The number of carbonyl (C=O) groups excluding carboxylic acids is 2. The summed E-state index contributed by atoms with van der Waals surface area (Å²) in [7, 11) is 0. The van der Waals surface area contributed by atoms with Gasteiger partial charge >= 0.3 is 5.97 Å². The SMILES string of the molecule is NC(CCNC(=O)C1CCC1=O)C(=O)O. The van der Waals surface area contributed by atoms with E-state index in [1.165, 1.54) is 0 Å². The quantitative estimate of drug-likeness (QED) is 0.502. The minimum absolute atomic E-state index is 0.0463. The Labute approximate surface area is 86.8 Å². The molecule has 0 aromatic carbocycles. The number of nitrogens with one attached hydrogen (secondary N) is 1. The van der Waals surface area contributed by atoms with Crippen LogP contribution in [0.4, 0.5) is 0 Å². The van der Waals surface area contributed by atoms with Crippen LogP contribution in [0.5, 0.6) is 0 Å². The van der Waals surface area contributed by atoms with Crippen molar-refractivity contribution in [3.05, 3.63) is 0 Å². The lowest BCUT2D eigenvalue weighted by Crippen LogP contribution is -2.43. The third-order valence-corrected chi connectivity index (χ3v) is 2.46. The maximum atomic E-state index is 11.3. The van der Waals surface area contributed by atoms with E-state index in [0.29, 0.717) is 12.8 Å². The van der Waals surface area contributed by atoms with Crippen LogP contribution in [-0.4, -0.2) is 35.4 Å². The third-order valence-electron chi connectivity index (χ3n) is 2.46. The van der Waals surface area contributed by atoms with Crippen molar-refractivity contribution in [3.63, 3.8) is 0 Å². The van der Waals surface area contributed by atoms with Crippen LogP contribution in [-0.2, 0) is 14.4 Å². The van der Waals surface area contributed by atoms with Gasteiger partial charge in [0.25, 0.3) is 0 Å². The molecule has 1 aliphatic carbocycles. The highest BCUT2D eigenvalue weighted by Crippen LogP contribution is 2.21. The average Bonchev–Trinajstić information content (AvgIpc) is 2.15. The molecule has 6 heteroatoms. The molecule has 0 aliphatic heterocycles. The molecule has 6 nitrogen and oxygen atoms in total. The number of aliphatic carboxylic acids is 1. The summed E-state index contributed by atoms with van der Waals surface area (Å²) in [5, 5.41) is 11.0. The fourth-order valence-corrected chi connectivity index (χ4v) is 1.28. The van der Waals surface area contributed by atoms with Crippen LogP contribution in [0.1, 0.15) is 19.3 Å². The standard InChI is InChI=1S/C9H14N2O4/c10-6(9(14)15)3-4-11-8(13)5-1-2-7(5)12/h5-6H,1-4,10H2,(H,11,13)(H,14,15). The number of hydrogen-bond donors (Lipinski definition) is 3. The molecule has 15 heavy (non-hydrogen) atoms. The molecule has 1 rings (SSSR count). The van der Waals surface area contributed by atoms with Crippen LogP contribution in [0.3, 0.4) is 0 Å². The maximum Gasteiger partial charge on any atom is 0.320 e. The number of ketones is 1. The number of amides is 1. The van der Waals surface area contributed by atoms with Gasteiger partial charge in [-0.3, -0.25) is 14.4 Å². The van der Waals surface area contributed by atoms with Crippen LogP contribution < -0.4 is 11.1 Å². The summed E-state index contributed by atoms with van der Waals surface area (Å²) in [6, 6.07) is -0.970. The van der Waals surface area contributed by atoms with E-state index >= 15 is 0 Å². The molecule has 0 radical (unpaired) electrons. The van der Waals surface area contributed by atoms with Gasteiger partial charge in [-0.1, -0.05) is 0 Å². The molecule has 1 saturated carbocycles. The second kappa shape index (κ2) is 4.88. The van der Waals surface area contributed by atoms with Gasteiger partial charge < -0.3 is 16.2 Å². The molecule has 0 saturated heterocycles. The zero-order chi connectivity index (χ0) is 11.4. The molecule has 0 aromatic heterocycles. The van der Waals surface area contributed by atoms with Crippen LogP contribution in [0, 0.1) is 5.92 Å². The number of carboxylic acid groups (broad SMARTS) is 1. The predicted molar refractivity (Wildman–Crippen MR) is 51.0 cm³/mol. The van der Waals surface area contributed by atoms with E-state index in [9.17, 15) is 14.4 Å².